The van der Waals surface area contributed by atoms with Crippen LogP contribution >= 0.6 is 0 Å². The van der Waals surface area contributed by atoms with Crippen LogP contribution in [-0.4, -0.2) is 18.1 Å². The number of rotatable bonds is 6. The zero-order valence-electron chi connectivity index (χ0n) is 10.7. The van der Waals surface area contributed by atoms with Crippen molar-refractivity contribution in [3.63, 3.8) is 0 Å². The van der Waals surface area contributed by atoms with Gasteiger partial charge in [0.1, 0.15) is 11.6 Å². The molecule has 2 heterocycles. The third-order valence-corrected chi connectivity index (χ3v) is 2.89. The molecule has 2 rings (SSSR count). The number of nitrogens with zero attached hydrogens (tertiary/aromatic N) is 2. The lowest BCUT2D eigenvalue weighted by molar-refractivity contribution is 0.502. The monoisotopic (exact) mass is 245 g/mol. The van der Waals surface area contributed by atoms with Gasteiger partial charge in [0.25, 0.3) is 0 Å². The Bertz CT molecular complexity index is 468. The molecule has 4 heteroatoms. The van der Waals surface area contributed by atoms with Crippen LogP contribution in [0.4, 0.5) is 5.82 Å². The maximum atomic E-state index is 5.64. The molecule has 0 amide bonds. The molecule has 0 saturated carbocycles. The highest BCUT2D eigenvalue weighted by atomic mass is 16.3. The molecule has 0 aliphatic rings. The molecule has 0 unspecified atom stereocenters. The Hall–Kier alpha value is -1.81. The number of aromatic nitrogens is 1. The Morgan fingerprint density at radius 2 is 2.22 bits per heavy atom. The molecule has 0 aliphatic carbocycles. The van der Waals surface area contributed by atoms with Gasteiger partial charge in [-0.05, 0) is 43.7 Å². The van der Waals surface area contributed by atoms with Crippen LogP contribution < -0.4 is 10.6 Å². The molecule has 0 atom stereocenters. The minimum absolute atomic E-state index is 0.636. The van der Waals surface area contributed by atoms with Crippen molar-refractivity contribution < 1.29 is 4.42 Å². The summed E-state index contributed by atoms with van der Waals surface area (Å²) in [4.78, 5) is 6.68. The fourth-order valence-electron chi connectivity index (χ4n) is 1.99. The average molecular weight is 245 g/mol. The van der Waals surface area contributed by atoms with Crippen LogP contribution in [-0.2, 0) is 13.0 Å². The summed E-state index contributed by atoms with van der Waals surface area (Å²) in [5.74, 6) is 1.95. The lowest BCUT2D eigenvalue weighted by Crippen LogP contribution is -2.24. The van der Waals surface area contributed by atoms with Crippen molar-refractivity contribution in [2.75, 3.05) is 18.0 Å². The molecular weight excluding hydrogens is 226 g/mol. The van der Waals surface area contributed by atoms with Crippen LogP contribution in [0.1, 0.15) is 18.2 Å². The maximum Gasteiger partial charge on any atom is 0.132 e. The first-order chi connectivity index (χ1) is 8.85. The smallest absolute Gasteiger partial charge is 0.132 e. The van der Waals surface area contributed by atoms with E-state index in [0.29, 0.717) is 6.54 Å². The van der Waals surface area contributed by atoms with Gasteiger partial charge in [0, 0.05) is 12.7 Å². The van der Waals surface area contributed by atoms with Crippen molar-refractivity contribution in [2.24, 2.45) is 5.73 Å². The van der Waals surface area contributed by atoms with Crippen molar-refractivity contribution >= 4 is 5.82 Å². The number of anilines is 1. The zero-order chi connectivity index (χ0) is 12.8. The van der Waals surface area contributed by atoms with E-state index in [0.717, 1.165) is 31.1 Å². The molecule has 0 saturated heterocycles. The highest BCUT2D eigenvalue weighted by Crippen LogP contribution is 2.19. The molecule has 4 nitrogen and oxygen atoms in total. The maximum absolute atomic E-state index is 5.64. The van der Waals surface area contributed by atoms with Crippen LogP contribution in [0.25, 0.3) is 0 Å². The molecule has 0 bridgehead atoms. The van der Waals surface area contributed by atoms with Crippen molar-refractivity contribution in [3.8, 4) is 0 Å². The van der Waals surface area contributed by atoms with Crippen LogP contribution in [0.2, 0.25) is 0 Å². The normalized spacial score (nSPS) is 10.6. The summed E-state index contributed by atoms with van der Waals surface area (Å²) in [6.07, 6.45) is 4.36. The molecule has 0 fully saturated rings. The summed E-state index contributed by atoms with van der Waals surface area (Å²) in [5, 5.41) is 0. The second-order valence-corrected chi connectivity index (χ2v) is 4.12. The molecule has 2 aromatic rings. The summed E-state index contributed by atoms with van der Waals surface area (Å²) in [6, 6.07) is 7.92. The largest absolute Gasteiger partial charge is 0.467 e. The van der Waals surface area contributed by atoms with E-state index in [1.807, 2.05) is 24.4 Å². The summed E-state index contributed by atoms with van der Waals surface area (Å²) >= 11 is 0. The molecule has 2 aromatic heterocycles. The first kappa shape index (κ1) is 12.6. The summed E-state index contributed by atoms with van der Waals surface area (Å²) in [5.41, 5.74) is 6.83. The SMILES string of the molecule is CCN(Cc1ccco1)c1ncccc1CCN. The highest BCUT2D eigenvalue weighted by Gasteiger charge is 2.12. The van der Waals surface area contributed by atoms with Gasteiger partial charge in [-0.2, -0.15) is 0 Å². The number of nitrogens with two attached hydrogens (primary N) is 1. The lowest BCUT2D eigenvalue weighted by Gasteiger charge is -2.23. The lowest BCUT2D eigenvalue weighted by atomic mass is 10.1. The standard InChI is InChI=1S/C14H19N3O/c1-2-17(11-13-6-4-10-18-13)14-12(7-8-15)5-3-9-16-14/h3-6,9-10H,2,7-8,11,15H2,1H3. The van der Waals surface area contributed by atoms with Gasteiger partial charge in [-0.1, -0.05) is 6.07 Å². The van der Waals surface area contributed by atoms with Gasteiger partial charge < -0.3 is 15.1 Å². The van der Waals surface area contributed by atoms with Gasteiger partial charge in [0.15, 0.2) is 0 Å². The van der Waals surface area contributed by atoms with E-state index >= 15 is 0 Å². The van der Waals surface area contributed by atoms with E-state index in [1.54, 1.807) is 6.26 Å². The van der Waals surface area contributed by atoms with Crippen LogP contribution in [0.15, 0.2) is 41.1 Å². The topological polar surface area (TPSA) is 55.3 Å². The number of pyridine rings is 1. The second-order valence-electron chi connectivity index (χ2n) is 4.12. The van der Waals surface area contributed by atoms with E-state index in [2.05, 4.69) is 22.9 Å². The fourth-order valence-corrected chi connectivity index (χ4v) is 1.99. The third kappa shape index (κ3) is 2.90. The highest BCUT2D eigenvalue weighted by molar-refractivity contribution is 5.47. The molecule has 0 aromatic carbocycles. The number of hydrogen-bond donors (Lipinski definition) is 1. The summed E-state index contributed by atoms with van der Waals surface area (Å²) in [6.45, 7) is 4.37. The Morgan fingerprint density at radius 1 is 1.33 bits per heavy atom. The zero-order valence-corrected chi connectivity index (χ0v) is 10.7. The Kier molecular flexibility index (Phi) is 4.36. The van der Waals surface area contributed by atoms with E-state index in [4.69, 9.17) is 10.2 Å². The molecule has 2 N–H and O–H groups in total. The van der Waals surface area contributed by atoms with Gasteiger partial charge in [0.2, 0.25) is 0 Å². The minimum atomic E-state index is 0.636. The first-order valence-corrected chi connectivity index (χ1v) is 6.26. The van der Waals surface area contributed by atoms with E-state index in [-0.39, 0.29) is 0 Å². The second kappa shape index (κ2) is 6.21. The third-order valence-electron chi connectivity index (χ3n) is 2.89. The van der Waals surface area contributed by atoms with Crippen LogP contribution in [0.5, 0.6) is 0 Å². The van der Waals surface area contributed by atoms with Gasteiger partial charge in [-0.25, -0.2) is 4.98 Å². The number of furan rings is 1. The van der Waals surface area contributed by atoms with Crippen LogP contribution in [0, 0.1) is 0 Å². The molecular formula is C14H19N3O. The van der Waals surface area contributed by atoms with E-state index < -0.39 is 0 Å². The molecule has 96 valence electrons. The first-order valence-electron chi connectivity index (χ1n) is 6.26. The van der Waals surface area contributed by atoms with Crippen LogP contribution in [0.3, 0.4) is 0 Å². The van der Waals surface area contributed by atoms with E-state index in [1.165, 1.54) is 5.56 Å². The average Bonchev–Trinajstić information content (AvgIpc) is 2.90. The van der Waals surface area contributed by atoms with E-state index in [9.17, 15) is 0 Å². The van der Waals surface area contributed by atoms with Gasteiger partial charge >= 0.3 is 0 Å². The summed E-state index contributed by atoms with van der Waals surface area (Å²) in [7, 11) is 0. The van der Waals surface area contributed by atoms with Gasteiger partial charge in [-0.15, -0.1) is 0 Å². The molecule has 0 spiro atoms. The van der Waals surface area contributed by atoms with Crippen molar-refractivity contribution in [3.05, 3.63) is 48.0 Å². The number of hydrogen-bond acceptors (Lipinski definition) is 4. The summed E-state index contributed by atoms with van der Waals surface area (Å²) < 4.78 is 5.39. The predicted octanol–water partition coefficient (Wildman–Crippen LogP) is 2.20. The van der Waals surface area contributed by atoms with Gasteiger partial charge in [0.05, 0.1) is 12.8 Å². The molecule has 18 heavy (non-hydrogen) atoms. The quantitative estimate of drug-likeness (QED) is 0.847. The predicted molar refractivity (Wildman–Crippen MR) is 72.4 cm³/mol. The molecule has 0 aliphatic heterocycles. The van der Waals surface area contributed by atoms with Crippen molar-refractivity contribution in [2.45, 2.75) is 19.9 Å². The Labute approximate surface area is 107 Å². The van der Waals surface area contributed by atoms with Crippen molar-refractivity contribution in [1.29, 1.82) is 0 Å². The minimum Gasteiger partial charge on any atom is -0.467 e. The van der Waals surface area contributed by atoms with Gasteiger partial charge in [-0.3, -0.25) is 0 Å². The fraction of sp³-hybridized carbons (Fsp3) is 0.357. The Balaban J connectivity index is 2.21. The van der Waals surface area contributed by atoms with Crippen molar-refractivity contribution in [1.82, 2.24) is 4.98 Å². The molecule has 0 radical (unpaired) electrons. The Morgan fingerprint density at radius 3 is 2.89 bits per heavy atom.